The number of nitrogens with one attached hydrogen (secondary N) is 2. The third-order valence-electron chi connectivity index (χ3n) is 5.38. The predicted octanol–water partition coefficient (Wildman–Crippen LogP) is 3.90. The lowest BCUT2D eigenvalue weighted by molar-refractivity contribution is 0.0201. The smallest absolute Gasteiger partial charge is 0.407 e. The maximum atomic E-state index is 12.3. The lowest BCUT2D eigenvalue weighted by Crippen LogP contribution is -2.50. The van der Waals surface area contributed by atoms with Crippen LogP contribution in [0.3, 0.4) is 0 Å². The summed E-state index contributed by atoms with van der Waals surface area (Å²) in [5, 5.41) is 5.71. The van der Waals surface area contributed by atoms with Crippen molar-refractivity contribution < 1.29 is 28.6 Å². The predicted molar refractivity (Wildman–Crippen MR) is 116 cm³/mol. The zero-order valence-electron chi connectivity index (χ0n) is 19.0. The van der Waals surface area contributed by atoms with Crippen molar-refractivity contribution in [2.45, 2.75) is 59.1 Å². The van der Waals surface area contributed by atoms with Crippen LogP contribution in [0.25, 0.3) is 0 Å². The van der Waals surface area contributed by atoms with Gasteiger partial charge in [0.1, 0.15) is 12.7 Å². The van der Waals surface area contributed by atoms with E-state index in [1.165, 1.54) is 7.11 Å². The molecule has 172 valence electrons. The minimum atomic E-state index is -0.586. The maximum absolute atomic E-state index is 12.3. The van der Waals surface area contributed by atoms with Gasteiger partial charge in [0.15, 0.2) is 0 Å². The Morgan fingerprint density at radius 2 is 1.77 bits per heavy atom. The Kier molecular flexibility index (Phi) is 8.30. The van der Waals surface area contributed by atoms with E-state index in [4.69, 9.17) is 14.2 Å². The number of alkyl carbamates (subject to hydrolysis) is 2. The molecule has 1 aromatic rings. The van der Waals surface area contributed by atoms with Crippen molar-refractivity contribution in [2.24, 2.45) is 10.8 Å². The molecule has 3 atom stereocenters. The van der Waals surface area contributed by atoms with Gasteiger partial charge in [-0.3, -0.25) is 0 Å². The zero-order valence-corrected chi connectivity index (χ0v) is 19.0. The van der Waals surface area contributed by atoms with Gasteiger partial charge in [0, 0.05) is 12.6 Å². The topological polar surface area (TPSA) is 103 Å². The molecule has 0 aliphatic heterocycles. The molecule has 31 heavy (non-hydrogen) atoms. The van der Waals surface area contributed by atoms with Gasteiger partial charge in [-0.25, -0.2) is 14.4 Å². The third-order valence-corrected chi connectivity index (χ3v) is 5.38. The lowest BCUT2D eigenvalue weighted by Gasteiger charge is -2.46. The van der Waals surface area contributed by atoms with E-state index in [0.717, 1.165) is 19.3 Å². The highest BCUT2D eigenvalue weighted by Gasteiger charge is 2.42. The van der Waals surface area contributed by atoms with E-state index >= 15 is 0 Å². The van der Waals surface area contributed by atoms with Crippen LogP contribution >= 0.6 is 0 Å². The molecule has 1 aromatic carbocycles. The molecule has 2 amide bonds. The molecule has 2 rings (SSSR count). The molecule has 8 nitrogen and oxygen atoms in total. The van der Waals surface area contributed by atoms with E-state index in [1.54, 1.807) is 31.2 Å². The lowest BCUT2D eigenvalue weighted by atomic mass is 9.62. The van der Waals surface area contributed by atoms with Gasteiger partial charge in [-0.1, -0.05) is 39.0 Å². The molecule has 0 heterocycles. The second-order valence-corrected chi connectivity index (χ2v) is 9.43. The second kappa shape index (κ2) is 10.5. The summed E-state index contributed by atoms with van der Waals surface area (Å²) in [6.45, 7) is 8.43. The first-order valence-electron chi connectivity index (χ1n) is 10.5. The van der Waals surface area contributed by atoms with Crippen molar-refractivity contribution >= 4 is 18.2 Å². The number of carbonyl (C=O) groups is 3. The third kappa shape index (κ3) is 8.11. The number of hydrogen-bond acceptors (Lipinski definition) is 6. The van der Waals surface area contributed by atoms with E-state index in [0.29, 0.717) is 12.1 Å². The normalized spacial score (nSPS) is 23.2. The van der Waals surface area contributed by atoms with Gasteiger partial charge in [0.25, 0.3) is 0 Å². The number of amides is 2. The summed E-state index contributed by atoms with van der Waals surface area (Å²) in [4.78, 5) is 35.9. The Hall–Kier alpha value is -2.77. The van der Waals surface area contributed by atoms with Crippen molar-refractivity contribution in [3.05, 3.63) is 35.9 Å². The Labute approximate surface area is 184 Å². The van der Waals surface area contributed by atoms with Gasteiger partial charge in [0.2, 0.25) is 0 Å². The van der Waals surface area contributed by atoms with Crippen molar-refractivity contribution in [3.63, 3.8) is 0 Å². The van der Waals surface area contributed by atoms with Gasteiger partial charge >= 0.3 is 18.2 Å². The zero-order chi connectivity index (χ0) is 23.1. The first kappa shape index (κ1) is 24.5. The monoisotopic (exact) mass is 434 g/mol. The first-order chi connectivity index (χ1) is 14.5. The minimum Gasteiger partial charge on any atom is -0.458 e. The number of hydrogen-bond donors (Lipinski definition) is 2. The maximum Gasteiger partial charge on any atom is 0.407 e. The number of rotatable bonds is 7. The van der Waals surface area contributed by atoms with Crippen LogP contribution in [0.1, 0.15) is 57.3 Å². The van der Waals surface area contributed by atoms with Crippen LogP contribution in [0.5, 0.6) is 0 Å². The average Bonchev–Trinajstić information content (AvgIpc) is 2.69. The molecule has 1 saturated carbocycles. The van der Waals surface area contributed by atoms with Gasteiger partial charge in [-0.15, -0.1) is 0 Å². The van der Waals surface area contributed by atoms with Crippen LogP contribution in [-0.2, 0) is 14.2 Å². The standard InChI is InChI=1S/C23H34N2O6/c1-16(13-30-19(26)17-9-7-6-8-10-17)31-20(27)24-15-23(4)12-18(25-21(28)29-5)11-22(2,3)14-23/h6-10,16,18H,11-15H2,1-5H3,(H,24,27)(H,25,28). The number of ether oxygens (including phenoxy) is 3. The van der Waals surface area contributed by atoms with Crippen LogP contribution < -0.4 is 10.6 Å². The summed E-state index contributed by atoms with van der Waals surface area (Å²) in [6.07, 6.45) is 0.852. The number of methoxy groups -OCH3 is 1. The van der Waals surface area contributed by atoms with E-state index in [9.17, 15) is 14.4 Å². The Bertz CT molecular complexity index is 767. The van der Waals surface area contributed by atoms with Gasteiger partial charge in [-0.2, -0.15) is 0 Å². The van der Waals surface area contributed by atoms with Gasteiger partial charge in [-0.05, 0) is 49.1 Å². The largest absolute Gasteiger partial charge is 0.458 e. The van der Waals surface area contributed by atoms with E-state index in [-0.39, 0.29) is 23.5 Å². The van der Waals surface area contributed by atoms with E-state index in [2.05, 4.69) is 31.4 Å². The molecule has 1 aliphatic rings. The number of carbonyl (C=O) groups excluding carboxylic acids is 3. The Morgan fingerprint density at radius 1 is 1.10 bits per heavy atom. The second-order valence-electron chi connectivity index (χ2n) is 9.43. The minimum absolute atomic E-state index is 0.00318. The molecular weight excluding hydrogens is 400 g/mol. The molecule has 3 unspecified atom stereocenters. The molecule has 0 bridgehead atoms. The molecule has 0 saturated heterocycles. The number of esters is 1. The Balaban J connectivity index is 1.80. The quantitative estimate of drug-likeness (QED) is 0.498. The summed E-state index contributed by atoms with van der Waals surface area (Å²) < 4.78 is 15.2. The van der Waals surface area contributed by atoms with Crippen LogP contribution in [-0.4, -0.2) is 50.6 Å². The summed E-state index contributed by atoms with van der Waals surface area (Å²) >= 11 is 0. The van der Waals surface area contributed by atoms with Crippen molar-refractivity contribution in [2.75, 3.05) is 20.3 Å². The molecule has 0 spiro atoms. The van der Waals surface area contributed by atoms with Crippen molar-refractivity contribution in [3.8, 4) is 0 Å². The summed E-state index contributed by atoms with van der Waals surface area (Å²) in [5.74, 6) is -0.461. The first-order valence-corrected chi connectivity index (χ1v) is 10.5. The highest BCUT2D eigenvalue weighted by molar-refractivity contribution is 5.89. The molecule has 0 radical (unpaired) electrons. The van der Waals surface area contributed by atoms with Crippen LogP contribution in [0, 0.1) is 10.8 Å². The van der Waals surface area contributed by atoms with E-state index in [1.807, 2.05) is 6.07 Å². The summed E-state index contributed by atoms with van der Waals surface area (Å²) in [5.41, 5.74) is 0.237. The van der Waals surface area contributed by atoms with Gasteiger partial charge < -0.3 is 24.8 Å². The Morgan fingerprint density at radius 3 is 2.42 bits per heavy atom. The molecular formula is C23H34N2O6. The fraction of sp³-hybridized carbons (Fsp3) is 0.609. The molecule has 2 N–H and O–H groups in total. The molecule has 1 aliphatic carbocycles. The van der Waals surface area contributed by atoms with Crippen molar-refractivity contribution in [1.29, 1.82) is 0 Å². The average molecular weight is 435 g/mol. The summed E-state index contributed by atoms with van der Waals surface area (Å²) in [7, 11) is 1.35. The highest BCUT2D eigenvalue weighted by Crippen LogP contribution is 2.45. The SMILES string of the molecule is COC(=O)NC1CC(C)(C)CC(C)(CNC(=O)OC(C)COC(=O)c2ccccc2)C1. The molecule has 1 fully saturated rings. The molecule has 0 aromatic heterocycles. The number of benzene rings is 1. The fourth-order valence-electron chi connectivity index (χ4n) is 4.49. The fourth-order valence-corrected chi connectivity index (χ4v) is 4.49. The summed E-state index contributed by atoms with van der Waals surface area (Å²) in [6, 6.07) is 8.61. The van der Waals surface area contributed by atoms with E-state index < -0.39 is 24.3 Å². The van der Waals surface area contributed by atoms with Gasteiger partial charge in [0.05, 0.1) is 12.7 Å². The van der Waals surface area contributed by atoms with Crippen LogP contribution in [0.2, 0.25) is 0 Å². The highest BCUT2D eigenvalue weighted by atomic mass is 16.6. The van der Waals surface area contributed by atoms with Crippen LogP contribution in [0.15, 0.2) is 30.3 Å². The molecule has 8 heteroatoms. The van der Waals surface area contributed by atoms with Crippen LogP contribution in [0.4, 0.5) is 9.59 Å². The van der Waals surface area contributed by atoms with Crippen molar-refractivity contribution in [1.82, 2.24) is 10.6 Å².